The van der Waals surface area contributed by atoms with Crippen LogP contribution < -0.4 is 10.6 Å². The van der Waals surface area contributed by atoms with Crippen LogP contribution in [0.1, 0.15) is 44.5 Å². The molecule has 0 aliphatic heterocycles. The van der Waals surface area contributed by atoms with Gasteiger partial charge in [0.2, 0.25) is 0 Å². The number of rotatable bonds is 8. The van der Waals surface area contributed by atoms with Crippen molar-refractivity contribution in [2.45, 2.75) is 58.2 Å². The molecular formula is C13H24N4. The Labute approximate surface area is 104 Å². The van der Waals surface area contributed by atoms with Gasteiger partial charge in [0.05, 0.1) is 5.69 Å². The van der Waals surface area contributed by atoms with Crippen molar-refractivity contribution in [3.05, 3.63) is 17.5 Å². The fourth-order valence-electron chi connectivity index (χ4n) is 1.87. The molecule has 1 aliphatic carbocycles. The Bertz CT molecular complexity index is 330. The molecule has 0 amide bonds. The molecule has 4 nitrogen and oxygen atoms in total. The summed E-state index contributed by atoms with van der Waals surface area (Å²) < 4.78 is 0. The van der Waals surface area contributed by atoms with E-state index in [1.807, 2.05) is 0 Å². The molecule has 0 aromatic carbocycles. The van der Waals surface area contributed by atoms with Gasteiger partial charge in [-0.25, -0.2) is 0 Å². The highest BCUT2D eigenvalue weighted by Gasteiger charge is 2.20. The standard InChI is InChI=1S/C13H24N4/c1-3-4-12-7-13(17-16-12)9-14-10(2)8-15-11-5-6-11/h7,10-11,14-15H,3-6,8-9H2,1-2H3,(H,16,17). The lowest BCUT2D eigenvalue weighted by atomic mass is 10.2. The van der Waals surface area contributed by atoms with Gasteiger partial charge in [0.25, 0.3) is 0 Å². The molecule has 96 valence electrons. The highest BCUT2D eigenvalue weighted by molar-refractivity contribution is 5.08. The number of hydrogen-bond donors (Lipinski definition) is 3. The highest BCUT2D eigenvalue weighted by Crippen LogP contribution is 2.18. The van der Waals surface area contributed by atoms with Gasteiger partial charge in [-0.3, -0.25) is 5.10 Å². The van der Waals surface area contributed by atoms with E-state index in [1.54, 1.807) is 0 Å². The zero-order chi connectivity index (χ0) is 12.1. The van der Waals surface area contributed by atoms with Crippen LogP contribution in [0.25, 0.3) is 0 Å². The number of nitrogens with zero attached hydrogens (tertiary/aromatic N) is 1. The first kappa shape index (κ1) is 12.6. The molecule has 0 saturated heterocycles. The van der Waals surface area contributed by atoms with E-state index in [-0.39, 0.29) is 0 Å². The minimum atomic E-state index is 0.508. The summed E-state index contributed by atoms with van der Waals surface area (Å²) in [5, 5.41) is 14.4. The minimum Gasteiger partial charge on any atom is -0.312 e. The zero-order valence-electron chi connectivity index (χ0n) is 10.9. The van der Waals surface area contributed by atoms with Crippen molar-refractivity contribution in [1.82, 2.24) is 20.8 Å². The molecular weight excluding hydrogens is 212 g/mol. The number of nitrogens with one attached hydrogen (secondary N) is 3. The van der Waals surface area contributed by atoms with Gasteiger partial charge in [0.1, 0.15) is 0 Å². The van der Waals surface area contributed by atoms with E-state index >= 15 is 0 Å². The third kappa shape index (κ3) is 4.48. The molecule has 1 unspecified atom stereocenters. The summed E-state index contributed by atoms with van der Waals surface area (Å²) in [6.45, 7) is 6.34. The third-order valence-corrected chi connectivity index (χ3v) is 3.12. The van der Waals surface area contributed by atoms with E-state index in [4.69, 9.17) is 0 Å². The van der Waals surface area contributed by atoms with Gasteiger partial charge in [0.15, 0.2) is 0 Å². The van der Waals surface area contributed by atoms with Crippen LogP contribution in [0.2, 0.25) is 0 Å². The fraction of sp³-hybridized carbons (Fsp3) is 0.769. The van der Waals surface area contributed by atoms with E-state index in [0.717, 1.165) is 32.0 Å². The molecule has 3 N–H and O–H groups in total. The molecule has 1 heterocycles. The van der Waals surface area contributed by atoms with Crippen molar-refractivity contribution in [3.63, 3.8) is 0 Å². The minimum absolute atomic E-state index is 0.508. The quantitative estimate of drug-likeness (QED) is 0.642. The summed E-state index contributed by atoms with van der Waals surface area (Å²) in [5.41, 5.74) is 2.36. The van der Waals surface area contributed by atoms with Gasteiger partial charge in [-0.1, -0.05) is 13.3 Å². The van der Waals surface area contributed by atoms with E-state index in [1.165, 1.54) is 24.2 Å². The number of aromatic nitrogens is 2. The summed E-state index contributed by atoms with van der Waals surface area (Å²) >= 11 is 0. The van der Waals surface area contributed by atoms with Crippen LogP contribution in [0.15, 0.2) is 6.07 Å². The lowest BCUT2D eigenvalue weighted by Crippen LogP contribution is -2.36. The summed E-state index contributed by atoms with van der Waals surface area (Å²) in [4.78, 5) is 0. The number of H-pyrrole nitrogens is 1. The number of aryl methyl sites for hydroxylation is 1. The Hall–Kier alpha value is -0.870. The summed E-state index contributed by atoms with van der Waals surface area (Å²) in [6, 6.07) is 3.47. The molecule has 4 heteroatoms. The van der Waals surface area contributed by atoms with Crippen LogP contribution >= 0.6 is 0 Å². The monoisotopic (exact) mass is 236 g/mol. The first-order chi connectivity index (χ1) is 8.28. The van der Waals surface area contributed by atoms with Crippen LogP contribution in [-0.4, -0.2) is 28.8 Å². The van der Waals surface area contributed by atoms with Crippen LogP contribution in [-0.2, 0) is 13.0 Å². The second-order valence-electron chi connectivity index (χ2n) is 5.10. The topological polar surface area (TPSA) is 52.7 Å². The summed E-state index contributed by atoms with van der Waals surface area (Å²) in [5.74, 6) is 0. The molecule has 17 heavy (non-hydrogen) atoms. The highest BCUT2D eigenvalue weighted by atomic mass is 15.1. The summed E-state index contributed by atoms with van der Waals surface area (Å²) in [6.07, 6.45) is 4.93. The molecule has 1 aromatic rings. The Morgan fingerprint density at radius 2 is 2.35 bits per heavy atom. The smallest absolute Gasteiger partial charge is 0.0625 e. The summed E-state index contributed by atoms with van der Waals surface area (Å²) in [7, 11) is 0. The SMILES string of the molecule is CCCc1cc(CNC(C)CNC2CC2)[nH]n1. The van der Waals surface area contributed by atoms with Crippen molar-refractivity contribution in [2.75, 3.05) is 6.54 Å². The lowest BCUT2D eigenvalue weighted by molar-refractivity contribution is 0.496. The van der Waals surface area contributed by atoms with Gasteiger partial charge in [-0.05, 0) is 32.3 Å². The molecule has 0 bridgehead atoms. The average Bonchev–Trinajstić information content (AvgIpc) is 3.05. The van der Waals surface area contributed by atoms with Crippen LogP contribution in [0.3, 0.4) is 0 Å². The maximum absolute atomic E-state index is 4.29. The molecule has 0 radical (unpaired) electrons. The predicted molar refractivity (Wildman–Crippen MR) is 69.9 cm³/mol. The largest absolute Gasteiger partial charge is 0.312 e. The number of aromatic amines is 1. The molecule has 1 aromatic heterocycles. The molecule has 2 rings (SSSR count). The zero-order valence-corrected chi connectivity index (χ0v) is 10.9. The van der Waals surface area contributed by atoms with Crippen molar-refractivity contribution in [1.29, 1.82) is 0 Å². The normalized spacial score (nSPS) is 17.3. The third-order valence-electron chi connectivity index (χ3n) is 3.12. The van der Waals surface area contributed by atoms with Crippen molar-refractivity contribution in [2.24, 2.45) is 0 Å². The van der Waals surface area contributed by atoms with Gasteiger partial charge < -0.3 is 10.6 Å². The van der Waals surface area contributed by atoms with Crippen molar-refractivity contribution >= 4 is 0 Å². The lowest BCUT2D eigenvalue weighted by Gasteiger charge is -2.13. The Kier molecular flexibility index (Phi) is 4.57. The maximum atomic E-state index is 4.29. The molecule has 1 fully saturated rings. The molecule has 0 spiro atoms. The molecule has 1 atom stereocenters. The van der Waals surface area contributed by atoms with Crippen molar-refractivity contribution in [3.8, 4) is 0 Å². The maximum Gasteiger partial charge on any atom is 0.0625 e. The Morgan fingerprint density at radius 3 is 3.06 bits per heavy atom. The van der Waals surface area contributed by atoms with Gasteiger partial charge in [-0.15, -0.1) is 0 Å². The molecule has 1 saturated carbocycles. The second kappa shape index (κ2) is 6.17. The molecule has 1 aliphatic rings. The second-order valence-corrected chi connectivity index (χ2v) is 5.10. The van der Waals surface area contributed by atoms with E-state index in [9.17, 15) is 0 Å². The van der Waals surface area contributed by atoms with Crippen LogP contribution in [0.4, 0.5) is 0 Å². The van der Waals surface area contributed by atoms with Crippen LogP contribution in [0, 0.1) is 0 Å². The average molecular weight is 236 g/mol. The van der Waals surface area contributed by atoms with Crippen LogP contribution in [0.5, 0.6) is 0 Å². The Balaban J connectivity index is 1.64. The van der Waals surface area contributed by atoms with Crippen molar-refractivity contribution < 1.29 is 0 Å². The van der Waals surface area contributed by atoms with Gasteiger partial charge in [0, 0.05) is 30.9 Å². The fourth-order valence-corrected chi connectivity index (χ4v) is 1.87. The van der Waals surface area contributed by atoms with E-state index in [0.29, 0.717) is 6.04 Å². The Morgan fingerprint density at radius 1 is 1.53 bits per heavy atom. The number of hydrogen-bond acceptors (Lipinski definition) is 3. The van der Waals surface area contributed by atoms with Gasteiger partial charge in [-0.2, -0.15) is 5.10 Å². The van der Waals surface area contributed by atoms with E-state index < -0.39 is 0 Å². The van der Waals surface area contributed by atoms with Gasteiger partial charge >= 0.3 is 0 Å². The predicted octanol–water partition coefficient (Wildman–Crippen LogP) is 1.59. The van der Waals surface area contributed by atoms with E-state index in [2.05, 4.69) is 40.7 Å². The first-order valence-electron chi connectivity index (χ1n) is 6.78. The first-order valence-corrected chi connectivity index (χ1v) is 6.78.